The van der Waals surface area contributed by atoms with Gasteiger partial charge in [-0.25, -0.2) is 4.39 Å². The van der Waals surface area contributed by atoms with Crippen molar-refractivity contribution in [3.05, 3.63) is 30.1 Å². The Morgan fingerprint density at radius 2 is 1.87 bits per heavy atom. The highest BCUT2D eigenvalue weighted by atomic mass is 19.1. The number of halogens is 1. The number of carbonyl (C=O) groups excluding carboxylic acids is 1. The summed E-state index contributed by atoms with van der Waals surface area (Å²) < 4.78 is 18.6. The predicted molar refractivity (Wildman–Crippen MR) is 86.9 cm³/mol. The van der Waals surface area contributed by atoms with Crippen molar-refractivity contribution in [3.63, 3.8) is 0 Å². The van der Waals surface area contributed by atoms with Gasteiger partial charge in [-0.05, 0) is 56.5 Å². The van der Waals surface area contributed by atoms with Crippen LogP contribution in [0.15, 0.2) is 24.3 Å². The maximum absolute atomic E-state index is 12.9. The van der Waals surface area contributed by atoms with Crippen LogP contribution in [0.3, 0.4) is 0 Å². The molecule has 0 aromatic heterocycles. The molecule has 1 amide bonds. The number of hydrogen-bond acceptors (Lipinski definition) is 3. The van der Waals surface area contributed by atoms with Gasteiger partial charge >= 0.3 is 0 Å². The van der Waals surface area contributed by atoms with Crippen LogP contribution in [0.25, 0.3) is 0 Å². The number of carbonyl (C=O) groups is 1. The largest absolute Gasteiger partial charge is 0.492 e. The Hall–Kier alpha value is -1.62. The van der Waals surface area contributed by atoms with Crippen LogP contribution >= 0.6 is 0 Å². The van der Waals surface area contributed by atoms with Gasteiger partial charge in [0, 0.05) is 32.1 Å². The normalized spacial score (nSPS) is 25.0. The minimum absolute atomic E-state index is 0.196. The Labute approximate surface area is 137 Å². The highest BCUT2D eigenvalue weighted by Crippen LogP contribution is 2.29. The molecule has 23 heavy (non-hydrogen) atoms. The van der Waals surface area contributed by atoms with Gasteiger partial charge in [0.2, 0.25) is 5.91 Å². The molecule has 2 fully saturated rings. The number of ether oxygens (including phenoxy) is 1. The van der Waals surface area contributed by atoms with Crippen LogP contribution in [-0.4, -0.2) is 54.0 Å². The number of rotatable bonds is 5. The molecule has 0 bridgehead atoms. The van der Waals surface area contributed by atoms with E-state index in [0.29, 0.717) is 24.4 Å². The lowest BCUT2D eigenvalue weighted by atomic mass is 10.0. The van der Waals surface area contributed by atoms with E-state index in [2.05, 4.69) is 4.90 Å². The Morgan fingerprint density at radius 3 is 2.61 bits per heavy atom. The highest BCUT2D eigenvalue weighted by Gasteiger charge is 2.38. The van der Waals surface area contributed by atoms with E-state index in [4.69, 9.17) is 4.74 Å². The maximum atomic E-state index is 12.9. The lowest BCUT2D eigenvalue weighted by molar-refractivity contribution is -0.130. The van der Waals surface area contributed by atoms with Gasteiger partial charge in [0.05, 0.1) is 0 Å². The monoisotopic (exact) mass is 320 g/mol. The lowest BCUT2D eigenvalue weighted by Gasteiger charge is -2.34. The summed E-state index contributed by atoms with van der Waals surface area (Å²) in [6, 6.07) is 6.96. The molecule has 2 saturated heterocycles. The average Bonchev–Trinajstić information content (AvgIpc) is 3.17. The van der Waals surface area contributed by atoms with Crippen molar-refractivity contribution in [2.24, 2.45) is 0 Å². The van der Waals surface area contributed by atoms with Crippen LogP contribution in [0.5, 0.6) is 5.75 Å². The van der Waals surface area contributed by atoms with E-state index in [1.807, 2.05) is 4.90 Å². The molecule has 0 N–H and O–H groups in total. The summed E-state index contributed by atoms with van der Waals surface area (Å²) in [6.45, 7) is 5.09. The molecule has 5 heteroatoms. The number of hydrogen-bond donors (Lipinski definition) is 0. The molecular weight excluding hydrogens is 295 g/mol. The van der Waals surface area contributed by atoms with Crippen LogP contribution in [0.2, 0.25) is 0 Å². The number of amides is 1. The Bertz CT molecular complexity index is 534. The smallest absolute Gasteiger partial charge is 0.219 e. The first-order chi connectivity index (χ1) is 11.1. The van der Waals surface area contributed by atoms with Crippen LogP contribution in [0.4, 0.5) is 4.39 Å². The van der Waals surface area contributed by atoms with Crippen LogP contribution in [0.1, 0.15) is 32.6 Å². The van der Waals surface area contributed by atoms with Gasteiger partial charge in [-0.3, -0.25) is 9.69 Å². The lowest BCUT2D eigenvalue weighted by Crippen LogP contribution is -2.48. The highest BCUT2D eigenvalue weighted by molar-refractivity contribution is 5.74. The summed E-state index contributed by atoms with van der Waals surface area (Å²) in [5, 5.41) is 0. The van der Waals surface area contributed by atoms with E-state index in [0.717, 1.165) is 38.9 Å². The van der Waals surface area contributed by atoms with Crippen LogP contribution < -0.4 is 4.74 Å². The minimum Gasteiger partial charge on any atom is -0.492 e. The maximum Gasteiger partial charge on any atom is 0.219 e. The molecule has 126 valence electrons. The van der Waals surface area contributed by atoms with Crippen molar-refractivity contribution in [1.29, 1.82) is 0 Å². The summed E-state index contributed by atoms with van der Waals surface area (Å²) in [5.74, 6) is 0.651. The molecule has 2 unspecified atom stereocenters. The van der Waals surface area contributed by atoms with E-state index >= 15 is 0 Å². The molecule has 2 aliphatic heterocycles. The Balaban J connectivity index is 1.53. The van der Waals surface area contributed by atoms with Crippen molar-refractivity contribution in [1.82, 2.24) is 9.80 Å². The third kappa shape index (κ3) is 3.83. The molecule has 2 atom stereocenters. The van der Waals surface area contributed by atoms with Crippen LogP contribution in [0, 0.1) is 5.82 Å². The summed E-state index contributed by atoms with van der Waals surface area (Å²) >= 11 is 0. The summed E-state index contributed by atoms with van der Waals surface area (Å²) in [4.78, 5) is 16.3. The zero-order chi connectivity index (χ0) is 16.2. The molecule has 1 aromatic rings. The van der Waals surface area contributed by atoms with E-state index in [9.17, 15) is 9.18 Å². The van der Waals surface area contributed by atoms with Crippen molar-refractivity contribution in [2.75, 3.05) is 26.2 Å². The fourth-order valence-electron chi connectivity index (χ4n) is 3.96. The van der Waals surface area contributed by atoms with Crippen molar-refractivity contribution in [2.45, 2.75) is 44.7 Å². The second-order valence-corrected chi connectivity index (χ2v) is 6.47. The molecule has 0 saturated carbocycles. The fourth-order valence-corrected chi connectivity index (χ4v) is 3.96. The van der Waals surface area contributed by atoms with E-state index < -0.39 is 0 Å². The molecule has 2 aliphatic rings. The van der Waals surface area contributed by atoms with Crippen molar-refractivity contribution < 1.29 is 13.9 Å². The van der Waals surface area contributed by atoms with E-state index in [1.165, 1.54) is 18.6 Å². The molecule has 0 aliphatic carbocycles. The van der Waals surface area contributed by atoms with Gasteiger partial charge in [0.1, 0.15) is 18.2 Å². The standard InChI is InChI=1S/C18H25FN2O2/c1-14(22)21-11-3-5-18(21)17-4-2-10-20(17)12-13-23-16-8-6-15(19)7-9-16/h6-9,17-18H,2-5,10-13H2,1H3. The Morgan fingerprint density at radius 1 is 1.17 bits per heavy atom. The first-order valence-corrected chi connectivity index (χ1v) is 8.55. The van der Waals surface area contributed by atoms with E-state index in [-0.39, 0.29) is 11.7 Å². The number of likely N-dealkylation sites (tertiary alicyclic amines) is 2. The summed E-state index contributed by atoms with van der Waals surface area (Å²) in [5.41, 5.74) is 0. The fraction of sp³-hybridized carbons (Fsp3) is 0.611. The first-order valence-electron chi connectivity index (χ1n) is 8.55. The molecule has 1 aromatic carbocycles. The number of nitrogens with zero attached hydrogens (tertiary/aromatic N) is 2. The first kappa shape index (κ1) is 16.2. The number of benzene rings is 1. The molecular formula is C18H25FN2O2. The summed E-state index contributed by atoms with van der Waals surface area (Å²) in [6.07, 6.45) is 4.56. The zero-order valence-corrected chi connectivity index (χ0v) is 13.7. The second kappa shape index (κ2) is 7.30. The molecule has 4 nitrogen and oxygen atoms in total. The minimum atomic E-state index is -0.248. The van der Waals surface area contributed by atoms with Gasteiger partial charge in [-0.2, -0.15) is 0 Å². The summed E-state index contributed by atoms with van der Waals surface area (Å²) in [7, 11) is 0. The SMILES string of the molecule is CC(=O)N1CCCC1C1CCCN1CCOc1ccc(F)cc1. The van der Waals surface area contributed by atoms with Gasteiger partial charge in [0.25, 0.3) is 0 Å². The third-order valence-corrected chi connectivity index (χ3v) is 5.02. The van der Waals surface area contributed by atoms with Gasteiger partial charge < -0.3 is 9.64 Å². The van der Waals surface area contributed by atoms with Crippen LogP contribution in [-0.2, 0) is 4.79 Å². The molecule has 0 spiro atoms. The Kier molecular flexibility index (Phi) is 5.16. The predicted octanol–water partition coefficient (Wildman–Crippen LogP) is 2.68. The van der Waals surface area contributed by atoms with Gasteiger partial charge in [-0.15, -0.1) is 0 Å². The zero-order valence-electron chi connectivity index (χ0n) is 13.7. The van der Waals surface area contributed by atoms with Gasteiger partial charge in [-0.1, -0.05) is 0 Å². The molecule has 3 rings (SSSR count). The van der Waals surface area contributed by atoms with Gasteiger partial charge in [0.15, 0.2) is 0 Å². The molecule has 2 heterocycles. The van der Waals surface area contributed by atoms with E-state index in [1.54, 1.807) is 19.1 Å². The average molecular weight is 320 g/mol. The molecule has 0 radical (unpaired) electrons. The quantitative estimate of drug-likeness (QED) is 0.836. The van der Waals surface area contributed by atoms with Crippen molar-refractivity contribution >= 4 is 5.91 Å². The van der Waals surface area contributed by atoms with Crippen molar-refractivity contribution in [3.8, 4) is 5.75 Å². The second-order valence-electron chi connectivity index (χ2n) is 6.47. The topological polar surface area (TPSA) is 32.8 Å². The third-order valence-electron chi connectivity index (χ3n) is 5.02.